The molecular formula is C13H19F2NO. The molecule has 1 N–H and O–H groups in total. The molecule has 0 heterocycles. The minimum atomic E-state index is -0.826. The standard InChI is InChI=1S/C13H19F2NO/c1-9(17)6-7-16(3)10(2)11-4-5-12(14)13(15)8-11/h4-5,8-10,17H,6-7H2,1-3H3. The molecule has 0 spiro atoms. The van der Waals surface area contributed by atoms with Crippen molar-refractivity contribution in [2.45, 2.75) is 32.4 Å². The van der Waals surface area contributed by atoms with E-state index in [2.05, 4.69) is 0 Å². The Morgan fingerprint density at radius 1 is 1.24 bits per heavy atom. The van der Waals surface area contributed by atoms with E-state index in [1.807, 2.05) is 18.9 Å². The summed E-state index contributed by atoms with van der Waals surface area (Å²) in [5.74, 6) is -1.65. The fraction of sp³-hybridized carbons (Fsp3) is 0.538. The van der Waals surface area contributed by atoms with Gasteiger partial charge in [0.15, 0.2) is 11.6 Å². The van der Waals surface area contributed by atoms with E-state index in [4.69, 9.17) is 0 Å². The minimum absolute atomic E-state index is 0.0103. The van der Waals surface area contributed by atoms with Crippen LogP contribution in [0.1, 0.15) is 31.9 Å². The van der Waals surface area contributed by atoms with Gasteiger partial charge in [0.25, 0.3) is 0 Å². The van der Waals surface area contributed by atoms with Gasteiger partial charge in [-0.05, 0) is 45.0 Å². The predicted octanol–water partition coefficient (Wildman–Crippen LogP) is 2.73. The van der Waals surface area contributed by atoms with Gasteiger partial charge in [-0.2, -0.15) is 0 Å². The van der Waals surface area contributed by atoms with Gasteiger partial charge in [0.2, 0.25) is 0 Å². The van der Waals surface area contributed by atoms with Crippen molar-refractivity contribution in [1.82, 2.24) is 4.90 Å². The summed E-state index contributed by atoms with van der Waals surface area (Å²) >= 11 is 0. The molecule has 0 aliphatic heterocycles. The maximum absolute atomic E-state index is 13.1. The number of rotatable bonds is 5. The van der Waals surface area contributed by atoms with Crippen LogP contribution in [0.5, 0.6) is 0 Å². The third kappa shape index (κ3) is 4.06. The molecule has 0 aliphatic rings. The van der Waals surface area contributed by atoms with E-state index in [9.17, 15) is 13.9 Å². The Kier molecular flexibility index (Phi) is 5.02. The molecule has 0 fully saturated rings. The van der Waals surface area contributed by atoms with Crippen molar-refractivity contribution in [2.24, 2.45) is 0 Å². The van der Waals surface area contributed by atoms with Crippen molar-refractivity contribution in [1.29, 1.82) is 0 Å². The number of halogens is 2. The molecule has 1 rings (SSSR count). The Labute approximate surface area is 101 Å². The summed E-state index contributed by atoms with van der Waals surface area (Å²) in [6, 6.07) is 3.94. The van der Waals surface area contributed by atoms with Crippen molar-refractivity contribution in [3.05, 3.63) is 35.4 Å². The van der Waals surface area contributed by atoms with Crippen LogP contribution in [0, 0.1) is 11.6 Å². The molecular weight excluding hydrogens is 224 g/mol. The van der Waals surface area contributed by atoms with Crippen LogP contribution >= 0.6 is 0 Å². The van der Waals surface area contributed by atoms with Gasteiger partial charge >= 0.3 is 0 Å². The molecule has 1 aromatic rings. The second-order valence-electron chi connectivity index (χ2n) is 4.47. The number of benzene rings is 1. The Morgan fingerprint density at radius 3 is 2.41 bits per heavy atom. The molecule has 2 nitrogen and oxygen atoms in total. The first-order valence-corrected chi connectivity index (χ1v) is 5.75. The second kappa shape index (κ2) is 6.07. The van der Waals surface area contributed by atoms with E-state index in [1.165, 1.54) is 6.07 Å². The lowest BCUT2D eigenvalue weighted by Crippen LogP contribution is -2.25. The summed E-state index contributed by atoms with van der Waals surface area (Å²) in [5.41, 5.74) is 0.733. The SMILES string of the molecule is CC(O)CCN(C)C(C)c1ccc(F)c(F)c1. The maximum Gasteiger partial charge on any atom is 0.159 e. The van der Waals surface area contributed by atoms with E-state index in [0.29, 0.717) is 13.0 Å². The molecule has 96 valence electrons. The molecule has 0 bridgehead atoms. The van der Waals surface area contributed by atoms with Crippen LogP contribution < -0.4 is 0 Å². The fourth-order valence-electron chi connectivity index (χ4n) is 1.61. The number of aliphatic hydroxyl groups is 1. The highest BCUT2D eigenvalue weighted by Gasteiger charge is 2.14. The van der Waals surface area contributed by atoms with E-state index in [1.54, 1.807) is 13.0 Å². The zero-order valence-corrected chi connectivity index (χ0v) is 10.5. The van der Waals surface area contributed by atoms with Crippen molar-refractivity contribution in [3.8, 4) is 0 Å². The van der Waals surface area contributed by atoms with Gasteiger partial charge in [-0.15, -0.1) is 0 Å². The zero-order chi connectivity index (χ0) is 13.0. The molecule has 0 aliphatic carbocycles. The molecule has 0 saturated heterocycles. The Balaban J connectivity index is 2.67. The maximum atomic E-state index is 13.1. The molecule has 1 aromatic carbocycles. The molecule has 0 amide bonds. The van der Waals surface area contributed by atoms with Crippen molar-refractivity contribution in [3.63, 3.8) is 0 Å². The summed E-state index contributed by atoms with van der Waals surface area (Å²) in [4.78, 5) is 2.00. The summed E-state index contributed by atoms with van der Waals surface area (Å²) in [7, 11) is 1.90. The van der Waals surface area contributed by atoms with Gasteiger partial charge in [-0.25, -0.2) is 8.78 Å². The molecule has 2 atom stereocenters. The van der Waals surface area contributed by atoms with Crippen LogP contribution in [0.2, 0.25) is 0 Å². The van der Waals surface area contributed by atoms with E-state index in [-0.39, 0.29) is 12.1 Å². The Hall–Kier alpha value is -1.00. The largest absolute Gasteiger partial charge is 0.393 e. The van der Waals surface area contributed by atoms with Gasteiger partial charge in [0, 0.05) is 12.6 Å². The van der Waals surface area contributed by atoms with E-state index < -0.39 is 11.6 Å². The average molecular weight is 243 g/mol. The van der Waals surface area contributed by atoms with E-state index >= 15 is 0 Å². The monoisotopic (exact) mass is 243 g/mol. The first-order valence-electron chi connectivity index (χ1n) is 5.75. The zero-order valence-electron chi connectivity index (χ0n) is 10.5. The van der Waals surface area contributed by atoms with Crippen LogP contribution in [-0.2, 0) is 0 Å². The smallest absolute Gasteiger partial charge is 0.159 e. The quantitative estimate of drug-likeness (QED) is 0.859. The Morgan fingerprint density at radius 2 is 1.88 bits per heavy atom. The lowest BCUT2D eigenvalue weighted by molar-refractivity contribution is 0.152. The fourth-order valence-corrected chi connectivity index (χ4v) is 1.61. The molecule has 0 aromatic heterocycles. The van der Waals surface area contributed by atoms with Gasteiger partial charge in [-0.3, -0.25) is 4.90 Å². The predicted molar refractivity (Wildman–Crippen MR) is 63.7 cm³/mol. The first kappa shape index (κ1) is 14.1. The summed E-state index contributed by atoms with van der Waals surface area (Å²) < 4.78 is 25.9. The summed E-state index contributed by atoms with van der Waals surface area (Å²) in [5, 5.41) is 9.20. The van der Waals surface area contributed by atoms with Gasteiger partial charge in [0.05, 0.1) is 6.10 Å². The third-order valence-corrected chi connectivity index (χ3v) is 2.99. The number of hydrogen-bond donors (Lipinski definition) is 1. The summed E-state index contributed by atoms with van der Waals surface area (Å²) in [6.45, 7) is 4.36. The van der Waals surface area contributed by atoms with Crippen molar-refractivity contribution >= 4 is 0 Å². The normalized spacial score (nSPS) is 15.0. The number of nitrogens with zero attached hydrogens (tertiary/aromatic N) is 1. The highest BCUT2D eigenvalue weighted by molar-refractivity contribution is 5.20. The Bertz CT molecular complexity index is 368. The molecule has 2 unspecified atom stereocenters. The highest BCUT2D eigenvalue weighted by atomic mass is 19.2. The molecule has 0 radical (unpaired) electrons. The lowest BCUT2D eigenvalue weighted by atomic mass is 10.1. The minimum Gasteiger partial charge on any atom is -0.393 e. The van der Waals surface area contributed by atoms with Gasteiger partial charge < -0.3 is 5.11 Å². The van der Waals surface area contributed by atoms with Crippen LogP contribution in [0.25, 0.3) is 0 Å². The highest BCUT2D eigenvalue weighted by Crippen LogP contribution is 2.21. The lowest BCUT2D eigenvalue weighted by Gasteiger charge is -2.25. The van der Waals surface area contributed by atoms with Crippen molar-refractivity contribution in [2.75, 3.05) is 13.6 Å². The number of hydrogen-bond acceptors (Lipinski definition) is 2. The van der Waals surface area contributed by atoms with E-state index in [0.717, 1.165) is 11.6 Å². The van der Waals surface area contributed by atoms with Crippen LogP contribution in [0.3, 0.4) is 0 Å². The number of aliphatic hydroxyl groups excluding tert-OH is 1. The average Bonchev–Trinajstić information content (AvgIpc) is 2.28. The second-order valence-corrected chi connectivity index (χ2v) is 4.47. The molecule has 0 saturated carbocycles. The topological polar surface area (TPSA) is 23.5 Å². The first-order chi connectivity index (χ1) is 7.91. The van der Waals surface area contributed by atoms with Crippen LogP contribution in [-0.4, -0.2) is 29.7 Å². The van der Waals surface area contributed by atoms with Crippen LogP contribution in [0.4, 0.5) is 8.78 Å². The van der Waals surface area contributed by atoms with Crippen LogP contribution in [0.15, 0.2) is 18.2 Å². The van der Waals surface area contributed by atoms with Gasteiger partial charge in [0.1, 0.15) is 0 Å². The van der Waals surface area contributed by atoms with Gasteiger partial charge in [-0.1, -0.05) is 6.07 Å². The molecule has 17 heavy (non-hydrogen) atoms. The third-order valence-electron chi connectivity index (χ3n) is 2.99. The molecule has 4 heteroatoms. The summed E-state index contributed by atoms with van der Waals surface area (Å²) in [6.07, 6.45) is 0.305. The van der Waals surface area contributed by atoms with Crippen molar-refractivity contribution < 1.29 is 13.9 Å².